The molecule has 26 heavy (non-hydrogen) atoms. The summed E-state index contributed by atoms with van der Waals surface area (Å²) in [7, 11) is 0.937. The molecule has 150 valence electrons. The highest BCUT2D eigenvalue weighted by atomic mass is 127. The zero-order valence-electron chi connectivity index (χ0n) is 16.3. The van der Waals surface area contributed by atoms with Gasteiger partial charge >= 0.3 is 0 Å². The van der Waals surface area contributed by atoms with Crippen molar-refractivity contribution in [3.8, 4) is 0 Å². The first-order valence-corrected chi connectivity index (χ1v) is 11.2. The molecule has 5 nitrogen and oxygen atoms in total. The normalized spacial score (nSPS) is 18.2. The van der Waals surface area contributed by atoms with Crippen LogP contribution in [0.5, 0.6) is 0 Å². The number of hydrogen-bond donors (Lipinski definition) is 2. The molecule has 1 aromatic rings. The molecule has 0 aliphatic carbocycles. The maximum atomic E-state index is 12.1. The van der Waals surface area contributed by atoms with Gasteiger partial charge in [0.1, 0.15) is 0 Å². The minimum atomic E-state index is -0.847. The van der Waals surface area contributed by atoms with E-state index in [1.54, 1.807) is 7.05 Å². The van der Waals surface area contributed by atoms with Gasteiger partial charge in [0.05, 0.1) is 6.04 Å². The second-order valence-corrected chi connectivity index (χ2v) is 10.6. The van der Waals surface area contributed by atoms with Crippen LogP contribution in [-0.2, 0) is 10.8 Å². The number of halogens is 1. The Kier molecular flexibility index (Phi) is 10.6. The molecule has 0 spiro atoms. The van der Waals surface area contributed by atoms with E-state index in [0.29, 0.717) is 18.3 Å². The number of aliphatic imine (C=N–C) groups is 1. The van der Waals surface area contributed by atoms with E-state index < -0.39 is 10.8 Å². The van der Waals surface area contributed by atoms with Gasteiger partial charge in [-0.1, -0.05) is 6.07 Å². The molecule has 0 bridgehead atoms. The van der Waals surface area contributed by atoms with Crippen LogP contribution >= 0.6 is 35.3 Å². The third kappa shape index (κ3) is 7.44. The van der Waals surface area contributed by atoms with E-state index in [0.717, 1.165) is 12.5 Å². The van der Waals surface area contributed by atoms with E-state index in [2.05, 4.69) is 38.0 Å². The summed E-state index contributed by atoms with van der Waals surface area (Å²) in [5.41, 5.74) is 0. The molecule has 1 saturated heterocycles. The lowest BCUT2D eigenvalue weighted by Gasteiger charge is -2.27. The number of nitrogens with zero attached hydrogens (tertiary/aromatic N) is 2. The van der Waals surface area contributed by atoms with Gasteiger partial charge in [0.15, 0.2) is 5.96 Å². The molecule has 2 heterocycles. The summed E-state index contributed by atoms with van der Waals surface area (Å²) in [6.45, 7) is 9.87. The standard InChI is InChI=1S/C18H32N4OS2.HI/c1-18(2,3)25(23)13-9-20-17(19-4)21-14-15(16-8-7-12-24-16)22-10-5-6-11-22;/h7-8,12,15H,5-6,9-11,13-14H2,1-4H3,(H2,19,20,21);1H. The summed E-state index contributed by atoms with van der Waals surface area (Å²) < 4.78 is 12.0. The van der Waals surface area contributed by atoms with Gasteiger partial charge in [-0.05, 0) is 58.1 Å². The van der Waals surface area contributed by atoms with E-state index in [9.17, 15) is 4.21 Å². The lowest BCUT2D eigenvalue weighted by atomic mass is 10.2. The lowest BCUT2D eigenvalue weighted by Crippen LogP contribution is -2.44. The van der Waals surface area contributed by atoms with E-state index in [-0.39, 0.29) is 28.7 Å². The first kappa shape index (κ1) is 23.8. The lowest BCUT2D eigenvalue weighted by molar-refractivity contribution is 0.249. The minimum absolute atomic E-state index is 0. The summed E-state index contributed by atoms with van der Waals surface area (Å²) in [5.74, 6) is 1.41. The molecule has 2 atom stereocenters. The molecule has 2 N–H and O–H groups in total. The topological polar surface area (TPSA) is 56.7 Å². The number of hydrogen-bond acceptors (Lipinski definition) is 4. The van der Waals surface area contributed by atoms with Crippen molar-refractivity contribution in [1.82, 2.24) is 15.5 Å². The molecular weight excluding hydrogens is 479 g/mol. The molecule has 0 saturated carbocycles. The van der Waals surface area contributed by atoms with E-state index in [1.165, 1.54) is 30.8 Å². The van der Waals surface area contributed by atoms with E-state index in [4.69, 9.17) is 0 Å². The van der Waals surface area contributed by atoms with Crippen LogP contribution in [0.25, 0.3) is 0 Å². The van der Waals surface area contributed by atoms with Gasteiger partial charge in [-0.15, -0.1) is 35.3 Å². The van der Waals surface area contributed by atoms with Crippen molar-refractivity contribution in [2.75, 3.05) is 39.0 Å². The number of thiophene rings is 1. The van der Waals surface area contributed by atoms with Crippen LogP contribution in [0.2, 0.25) is 0 Å². The molecular formula is C18H33IN4OS2. The molecule has 1 aromatic heterocycles. The van der Waals surface area contributed by atoms with Gasteiger partial charge in [0.25, 0.3) is 0 Å². The third-order valence-corrected chi connectivity index (χ3v) is 7.32. The Morgan fingerprint density at radius 3 is 2.58 bits per heavy atom. The van der Waals surface area contributed by atoms with Crippen LogP contribution < -0.4 is 10.6 Å². The summed E-state index contributed by atoms with van der Waals surface area (Å²) in [6, 6.07) is 4.74. The van der Waals surface area contributed by atoms with Crippen LogP contribution in [-0.4, -0.2) is 58.8 Å². The van der Waals surface area contributed by atoms with E-state index in [1.807, 2.05) is 32.1 Å². The first-order chi connectivity index (χ1) is 11.9. The van der Waals surface area contributed by atoms with Gasteiger partial charge in [-0.3, -0.25) is 14.1 Å². The zero-order chi connectivity index (χ0) is 18.3. The molecule has 0 aromatic carbocycles. The molecule has 1 fully saturated rings. The van der Waals surface area contributed by atoms with Gasteiger partial charge < -0.3 is 10.6 Å². The molecule has 0 radical (unpaired) electrons. The van der Waals surface area contributed by atoms with Gasteiger partial charge in [0.2, 0.25) is 0 Å². The summed E-state index contributed by atoms with van der Waals surface area (Å²) in [6.07, 6.45) is 2.57. The largest absolute Gasteiger partial charge is 0.355 e. The highest BCUT2D eigenvalue weighted by molar-refractivity contribution is 14.0. The Balaban J connectivity index is 0.00000338. The minimum Gasteiger partial charge on any atom is -0.355 e. The van der Waals surface area contributed by atoms with Crippen molar-refractivity contribution in [1.29, 1.82) is 0 Å². The predicted molar refractivity (Wildman–Crippen MR) is 125 cm³/mol. The fourth-order valence-corrected chi connectivity index (χ4v) is 4.69. The average Bonchev–Trinajstić information content (AvgIpc) is 3.26. The van der Waals surface area contributed by atoms with Crippen LogP contribution in [0.1, 0.15) is 44.5 Å². The number of rotatable bonds is 7. The predicted octanol–water partition coefficient (Wildman–Crippen LogP) is 3.22. The Bertz CT molecular complexity index is 566. The average molecular weight is 513 g/mol. The van der Waals surface area contributed by atoms with Crippen LogP contribution in [0, 0.1) is 0 Å². The van der Waals surface area contributed by atoms with E-state index >= 15 is 0 Å². The molecule has 1 aliphatic heterocycles. The third-order valence-electron chi connectivity index (χ3n) is 4.40. The first-order valence-electron chi connectivity index (χ1n) is 9.02. The SMILES string of the molecule is CN=C(NCCS(=O)C(C)(C)C)NCC(c1cccs1)N1CCCC1.I. The van der Waals surface area contributed by atoms with Gasteiger partial charge in [0, 0.05) is 46.3 Å². The number of nitrogens with one attached hydrogen (secondary N) is 2. The quantitative estimate of drug-likeness (QED) is 0.335. The van der Waals surface area contributed by atoms with Gasteiger partial charge in [-0.2, -0.15) is 0 Å². The van der Waals surface area contributed by atoms with Crippen molar-refractivity contribution >= 4 is 52.1 Å². The Morgan fingerprint density at radius 1 is 1.35 bits per heavy atom. The number of guanidine groups is 1. The fraction of sp³-hybridized carbons (Fsp3) is 0.722. The molecule has 1 aliphatic rings. The second kappa shape index (κ2) is 11.6. The smallest absolute Gasteiger partial charge is 0.191 e. The van der Waals surface area contributed by atoms with Crippen molar-refractivity contribution in [2.24, 2.45) is 4.99 Å². The van der Waals surface area contributed by atoms with Crippen molar-refractivity contribution in [3.05, 3.63) is 22.4 Å². The van der Waals surface area contributed by atoms with Crippen molar-refractivity contribution in [3.63, 3.8) is 0 Å². The summed E-state index contributed by atoms with van der Waals surface area (Å²) in [4.78, 5) is 8.27. The maximum absolute atomic E-state index is 12.1. The molecule has 2 rings (SSSR count). The Morgan fingerprint density at radius 2 is 2.04 bits per heavy atom. The fourth-order valence-electron chi connectivity index (χ4n) is 2.93. The monoisotopic (exact) mass is 512 g/mol. The van der Waals surface area contributed by atoms with Crippen LogP contribution in [0.15, 0.2) is 22.5 Å². The Labute approximate surface area is 181 Å². The molecule has 2 unspecified atom stereocenters. The molecule has 8 heteroatoms. The van der Waals surface area contributed by atoms with Crippen LogP contribution in [0.4, 0.5) is 0 Å². The summed E-state index contributed by atoms with van der Waals surface area (Å²) in [5, 5.41) is 8.89. The number of likely N-dealkylation sites (tertiary alicyclic amines) is 1. The highest BCUT2D eigenvalue weighted by Crippen LogP contribution is 2.27. The molecule has 0 amide bonds. The summed E-state index contributed by atoms with van der Waals surface area (Å²) >= 11 is 1.82. The van der Waals surface area contributed by atoms with Gasteiger partial charge in [-0.25, -0.2) is 0 Å². The maximum Gasteiger partial charge on any atom is 0.191 e. The second-order valence-electron chi connectivity index (χ2n) is 7.32. The van der Waals surface area contributed by atoms with Crippen molar-refractivity contribution in [2.45, 2.75) is 44.4 Å². The highest BCUT2D eigenvalue weighted by Gasteiger charge is 2.24. The van der Waals surface area contributed by atoms with Crippen LogP contribution in [0.3, 0.4) is 0 Å². The Hall–Kier alpha value is -0.190. The zero-order valence-corrected chi connectivity index (χ0v) is 20.2. The van der Waals surface area contributed by atoms with Crippen molar-refractivity contribution < 1.29 is 4.21 Å².